The van der Waals surface area contributed by atoms with Crippen molar-refractivity contribution in [2.45, 2.75) is 25.5 Å². The molecule has 0 radical (unpaired) electrons. The molecule has 1 aromatic heterocycles. The van der Waals surface area contributed by atoms with Gasteiger partial charge in [0.1, 0.15) is 0 Å². The van der Waals surface area contributed by atoms with Crippen LogP contribution in [0.25, 0.3) is 0 Å². The number of hydrogen-bond acceptors (Lipinski definition) is 6. The number of aromatic nitrogens is 2. The van der Waals surface area contributed by atoms with E-state index < -0.39 is 0 Å². The average molecular weight is 223 g/mol. The topological polar surface area (TPSA) is 87.3 Å². The fourth-order valence-electron chi connectivity index (χ4n) is 1.82. The number of nitrogens with zero attached hydrogens (tertiary/aromatic N) is 3. The molecule has 16 heavy (non-hydrogen) atoms. The Morgan fingerprint density at radius 3 is 2.69 bits per heavy atom. The van der Waals surface area contributed by atoms with Crippen molar-refractivity contribution in [1.29, 1.82) is 0 Å². The molecular formula is C10H17N5O. The number of aliphatic hydroxyl groups is 1. The molecular weight excluding hydrogens is 206 g/mol. The number of aliphatic hydroxyl groups excluding tert-OH is 1. The lowest BCUT2D eigenvalue weighted by atomic mass is 10.1. The molecule has 1 aliphatic rings. The third-order valence-electron chi connectivity index (χ3n) is 2.80. The lowest BCUT2D eigenvalue weighted by Crippen LogP contribution is -2.35. The van der Waals surface area contributed by atoms with Gasteiger partial charge in [0.2, 0.25) is 0 Å². The van der Waals surface area contributed by atoms with Gasteiger partial charge in [-0.25, -0.2) is 10.8 Å². The van der Waals surface area contributed by atoms with Crippen LogP contribution in [0.5, 0.6) is 0 Å². The van der Waals surface area contributed by atoms with Crippen LogP contribution in [-0.2, 0) is 6.54 Å². The van der Waals surface area contributed by atoms with E-state index in [1.165, 1.54) is 0 Å². The standard InChI is InChI=1S/C10H17N5O/c11-14-10-6-12-8(5-13-10)7-15-3-1-9(16)2-4-15/h5-6,9,16H,1-4,7,11H2,(H,13,14). The predicted octanol–water partition coefficient (Wildman–Crippen LogP) is -0.281. The van der Waals surface area contributed by atoms with Crippen molar-refractivity contribution in [3.63, 3.8) is 0 Å². The Morgan fingerprint density at radius 1 is 1.38 bits per heavy atom. The fourth-order valence-corrected chi connectivity index (χ4v) is 1.82. The smallest absolute Gasteiger partial charge is 0.158 e. The molecule has 1 aliphatic heterocycles. The van der Waals surface area contributed by atoms with Crippen molar-refractivity contribution < 1.29 is 5.11 Å². The first-order chi connectivity index (χ1) is 7.78. The molecule has 1 aromatic rings. The summed E-state index contributed by atoms with van der Waals surface area (Å²) in [5, 5.41) is 9.38. The minimum atomic E-state index is -0.133. The number of nitrogens with two attached hydrogens (primary N) is 1. The van der Waals surface area contributed by atoms with Gasteiger partial charge in [0.15, 0.2) is 5.82 Å². The molecule has 0 amide bonds. The maximum atomic E-state index is 9.38. The van der Waals surface area contributed by atoms with Gasteiger partial charge in [-0.3, -0.25) is 9.88 Å². The van der Waals surface area contributed by atoms with Crippen LogP contribution in [0.15, 0.2) is 12.4 Å². The molecule has 2 rings (SSSR count). The Morgan fingerprint density at radius 2 is 2.12 bits per heavy atom. The normalized spacial score (nSPS) is 18.6. The van der Waals surface area contributed by atoms with Crippen LogP contribution in [-0.4, -0.2) is 39.2 Å². The molecule has 6 nitrogen and oxygen atoms in total. The van der Waals surface area contributed by atoms with Gasteiger partial charge >= 0.3 is 0 Å². The van der Waals surface area contributed by atoms with Crippen molar-refractivity contribution >= 4 is 5.82 Å². The number of hydrogen-bond donors (Lipinski definition) is 3. The summed E-state index contributed by atoms with van der Waals surface area (Å²) >= 11 is 0. The summed E-state index contributed by atoms with van der Waals surface area (Å²) in [6, 6.07) is 0. The van der Waals surface area contributed by atoms with Crippen molar-refractivity contribution in [3.8, 4) is 0 Å². The SMILES string of the molecule is NNc1cnc(CN2CCC(O)CC2)cn1. The quantitative estimate of drug-likeness (QED) is 0.482. The summed E-state index contributed by atoms with van der Waals surface area (Å²) in [5.41, 5.74) is 3.37. The maximum absolute atomic E-state index is 9.38. The van der Waals surface area contributed by atoms with E-state index in [-0.39, 0.29) is 6.10 Å². The van der Waals surface area contributed by atoms with Gasteiger partial charge in [0, 0.05) is 19.6 Å². The molecule has 0 spiro atoms. The van der Waals surface area contributed by atoms with Crippen LogP contribution in [0.1, 0.15) is 18.5 Å². The first kappa shape index (κ1) is 11.3. The van der Waals surface area contributed by atoms with E-state index in [0.717, 1.165) is 38.2 Å². The third kappa shape index (κ3) is 2.88. The Labute approximate surface area is 94.5 Å². The summed E-state index contributed by atoms with van der Waals surface area (Å²) < 4.78 is 0. The highest BCUT2D eigenvalue weighted by Gasteiger charge is 2.17. The zero-order chi connectivity index (χ0) is 11.4. The molecule has 1 fully saturated rings. The second-order valence-corrected chi connectivity index (χ2v) is 4.04. The molecule has 6 heteroatoms. The molecule has 0 bridgehead atoms. The van der Waals surface area contributed by atoms with Gasteiger partial charge in [-0.05, 0) is 12.8 Å². The number of rotatable bonds is 3. The molecule has 0 saturated carbocycles. The number of nitrogen functional groups attached to an aromatic ring is 1. The van der Waals surface area contributed by atoms with E-state index in [9.17, 15) is 5.11 Å². The highest BCUT2D eigenvalue weighted by Crippen LogP contribution is 2.12. The molecule has 0 aliphatic carbocycles. The Kier molecular flexibility index (Phi) is 3.66. The number of nitrogens with one attached hydrogen (secondary N) is 1. The van der Waals surface area contributed by atoms with E-state index in [4.69, 9.17) is 5.84 Å². The van der Waals surface area contributed by atoms with Crippen molar-refractivity contribution in [3.05, 3.63) is 18.1 Å². The first-order valence-electron chi connectivity index (χ1n) is 5.46. The minimum absolute atomic E-state index is 0.133. The zero-order valence-corrected chi connectivity index (χ0v) is 9.13. The summed E-state index contributed by atoms with van der Waals surface area (Å²) in [7, 11) is 0. The third-order valence-corrected chi connectivity index (χ3v) is 2.80. The van der Waals surface area contributed by atoms with Crippen LogP contribution >= 0.6 is 0 Å². The number of hydrazine groups is 1. The molecule has 2 heterocycles. The van der Waals surface area contributed by atoms with Gasteiger partial charge < -0.3 is 10.5 Å². The van der Waals surface area contributed by atoms with Crippen molar-refractivity contribution in [2.24, 2.45) is 5.84 Å². The lowest BCUT2D eigenvalue weighted by molar-refractivity contribution is 0.0786. The molecule has 1 saturated heterocycles. The average Bonchev–Trinajstić information content (AvgIpc) is 2.33. The number of anilines is 1. The maximum Gasteiger partial charge on any atom is 0.158 e. The molecule has 0 atom stereocenters. The van der Waals surface area contributed by atoms with Crippen LogP contribution in [0.4, 0.5) is 5.82 Å². The first-order valence-corrected chi connectivity index (χ1v) is 5.46. The monoisotopic (exact) mass is 223 g/mol. The second kappa shape index (κ2) is 5.20. The highest BCUT2D eigenvalue weighted by molar-refractivity contribution is 5.28. The molecule has 88 valence electrons. The largest absolute Gasteiger partial charge is 0.393 e. The van der Waals surface area contributed by atoms with Crippen molar-refractivity contribution in [1.82, 2.24) is 14.9 Å². The van der Waals surface area contributed by atoms with E-state index in [1.807, 2.05) is 0 Å². The predicted molar refractivity (Wildman–Crippen MR) is 60.4 cm³/mol. The molecule has 0 aromatic carbocycles. The molecule has 4 N–H and O–H groups in total. The Balaban J connectivity index is 1.88. The highest BCUT2D eigenvalue weighted by atomic mass is 16.3. The van der Waals surface area contributed by atoms with Crippen LogP contribution in [0.3, 0.4) is 0 Å². The Bertz CT molecular complexity index is 320. The van der Waals surface area contributed by atoms with Crippen molar-refractivity contribution in [2.75, 3.05) is 18.5 Å². The van der Waals surface area contributed by atoms with E-state index >= 15 is 0 Å². The summed E-state index contributed by atoms with van der Waals surface area (Å²) in [5.74, 6) is 5.78. The van der Waals surface area contributed by atoms with E-state index in [0.29, 0.717) is 5.82 Å². The zero-order valence-electron chi connectivity index (χ0n) is 9.13. The van der Waals surface area contributed by atoms with Crippen LogP contribution in [0.2, 0.25) is 0 Å². The minimum Gasteiger partial charge on any atom is -0.393 e. The van der Waals surface area contributed by atoms with Gasteiger partial charge in [-0.15, -0.1) is 0 Å². The Hall–Kier alpha value is -1.24. The van der Waals surface area contributed by atoms with Crippen LogP contribution in [0, 0.1) is 0 Å². The fraction of sp³-hybridized carbons (Fsp3) is 0.600. The summed E-state index contributed by atoms with van der Waals surface area (Å²) in [6.07, 6.45) is 4.89. The summed E-state index contributed by atoms with van der Waals surface area (Å²) in [4.78, 5) is 10.6. The number of piperidine rings is 1. The van der Waals surface area contributed by atoms with Gasteiger partial charge in [0.05, 0.1) is 24.2 Å². The summed E-state index contributed by atoms with van der Waals surface area (Å²) in [6.45, 7) is 2.62. The second-order valence-electron chi connectivity index (χ2n) is 4.04. The van der Waals surface area contributed by atoms with Gasteiger partial charge in [0.25, 0.3) is 0 Å². The molecule has 0 unspecified atom stereocenters. The van der Waals surface area contributed by atoms with E-state index in [2.05, 4.69) is 20.3 Å². The lowest BCUT2D eigenvalue weighted by Gasteiger charge is -2.28. The van der Waals surface area contributed by atoms with Gasteiger partial charge in [-0.2, -0.15) is 0 Å². The number of likely N-dealkylation sites (tertiary alicyclic amines) is 1. The van der Waals surface area contributed by atoms with Crippen LogP contribution < -0.4 is 11.3 Å². The van der Waals surface area contributed by atoms with E-state index in [1.54, 1.807) is 12.4 Å². The van der Waals surface area contributed by atoms with Gasteiger partial charge in [-0.1, -0.05) is 0 Å².